The van der Waals surface area contributed by atoms with Crippen LogP contribution in [-0.2, 0) is 22.6 Å². The van der Waals surface area contributed by atoms with Crippen molar-refractivity contribution in [2.75, 3.05) is 20.8 Å². The minimum absolute atomic E-state index is 0.272. The van der Waals surface area contributed by atoms with E-state index in [0.717, 1.165) is 27.0 Å². The monoisotopic (exact) mass is 479 g/mol. The molecule has 176 valence electrons. The number of carbonyl (C=O) groups excluding carboxylic acids is 2. The summed E-state index contributed by atoms with van der Waals surface area (Å²) in [6.45, 7) is 2.43. The first-order valence-electron chi connectivity index (χ1n) is 10.6. The molecule has 4 aromatic rings. The van der Waals surface area contributed by atoms with E-state index in [1.165, 1.54) is 11.3 Å². The Balaban J connectivity index is 1.35. The maximum atomic E-state index is 12.6. The number of methoxy groups -OCH3 is 2. The highest BCUT2D eigenvalue weighted by Gasteiger charge is 2.18. The lowest BCUT2D eigenvalue weighted by Crippen LogP contribution is -2.28. The third-order valence-electron chi connectivity index (χ3n) is 5.26. The maximum Gasteiger partial charge on any atom is 0.348 e. The van der Waals surface area contributed by atoms with Gasteiger partial charge in [0.1, 0.15) is 9.71 Å². The number of fused-ring (bicyclic) bond motifs is 1. The molecule has 0 fully saturated rings. The van der Waals surface area contributed by atoms with Crippen LogP contribution in [0.1, 0.15) is 26.5 Å². The van der Waals surface area contributed by atoms with E-state index in [1.807, 2.05) is 48.0 Å². The van der Waals surface area contributed by atoms with Gasteiger partial charge in [0.25, 0.3) is 5.91 Å². The average molecular weight is 480 g/mol. The molecular formula is C25H25N3O5S. The number of thiophene rings is 1. The average Bonchev–Trinajstić information content (AvgIpc) is 3.42. The number of benzene rings is 2. The van der Waals surface area contributed by atoms with Gasteiger partial charge in [0.15, 0.2) is 18.1 Å². The van der Waals surface area contributed by atoms with Crippen molar-refractivity contribution in [3.8, 4) is 11.5 Å². The van der Waals surface area contributed by atoms with Gasteiger partial charge in [-0.25, -0.2) is 4.79 Å². The zero-order valence-corrected chi connectivity index (χ0v) is 20.0. The normalized spacial score (nSPS) is 10.8. The number of aryl methyl sites for hydroxylation is 1. The first-order chi connectivity index (χ1) is 16.5. The Morgan fingerprint density at radius 1 is 1.00 bits per heavy atom. The van der Waals surface area contributed by atoms with E-state index in [-0.39, 0.29) is 13.2 Å². The number of aromatic nitrogens is 2. The van der Waals surface area contributed by atoms with Gasteiger partial charge in [0.2, 0.25) is 0 Å². The van der Waals surface area contributed by atoms with Gasteiger partial charge in [-0.05, 0) is 36.2 Å². The Bertz CT molecular complexity index is 1310. The molecule has 1 N–H and O–H groups in total. The SMILES string of the molecule is COc1ccc(CNC(=O)COC(=O)c2cc3c(C)nn(Cc4ccccc4)c3s2)cc1OC. The molecule has 0 aliphatic rings. The van der Waals surface area contributed by atoms with Gasteiger partial charge < -0.3 is 19.5 Å². The summed E-state index contributed by atoms with van der Waals surface area (Å²) in [5.41, 5.74) is 2.80. The third-order valence-corrected chi connectivity index (χ3v) is 6.38. The Kier molecular flexibility index (Phi) is 7.12. The molecule has 34 heavy (non-hydrogen) atoms. The van der Waals surface area contributed by atoms with Crippen LogP contribution in [0, 0.1) is 6.92 Å². The summed E-state index contributed by atoms with van der Waals surface area (Å²) in [6.07, 6.45) is 0. The van der Waals surface area contributed by atoms with Gasteiger partial charge in [-0.1, -0.05) is 36.4 Å². The van der Waals surface area contributed by atoms with E-state index in [1.54, 1.807) is 32.4 Å². The molecule has 0 saturated heterocycles. The highest BCUT2D eigenvalue weighted by Crippen LogP contribution is 2.29. The van der Waals surface area contributed by atoms with Crippen LogP contribution in [0.2, 0.25) is 0 Å². The zero-order valence-electron chi connectivity index (χ0n) is 19.2. The Morgan fingerprint density at radius 2 is 1.76 bits per heavy atom. The lowest BCUT2D eigenvalue weighted by molar-refractivity contribution is -0.124. The molecule has 1 amide bonds. The highest BCUT2D eigenvalue weighted by molar-refractivity contribution is 7.20. The van der Waals surface area contributed by atoms with Crippen LogP contribution in [0.5, 0.6) is 11.5 Å². The molecule has 0 aliphatic heterocycles. The van der Waals surface area contributed by atoms with Crippen LogP contribution in [-0.4, -0.2) is 42.5 Å². The summed E-state index contributed by atoms with van der Waals surface area (Å²) < 4.78 is 17.6. The molecule has 2 aromatic heterocycles. The van der Waals surface area contributed by atoms with Gasteiger partial charge in [-0.15, -0.1) is 11.3 Å². The maximum absolute atomic E-state index is 12.6. The van der Waals surface area contributed by atoms with Crippen molar-refractivity contribution in [1.82, 2.24) is 15.1 Å². The van der Waals surface area contributed by atoms with Crippen molar-refractivity contribution >= 4 is 33.4 Å². The minimum atomic E-state index is -0.534. The Hall–Kier alpha value is -3.85. The largest absolute Gasteiger partial charge is 0.493 e. The zero-order chi connectivity index (χ0) is 24.1. The molecule has 0 spiro atoms. The van der Waals surface area contributed by atoms with E-state index in [2.05, 4.69) is 10.4 Å². The van der Waals surface area contributed by atoms with Crippen LogP contribution < -0.4 is 14.8 Å². The number of amides is 1. The molecule has 0 radical (unpaired) electrons. The fourth-order valence-electron chi connectivity index (χ4n) is 3.52. The number of esters is 1. The number of nitrogens with one attached hydrogen (secondary N) is 1. The van der Waals surface area contributed by atoms with Gasteiger partial charge in [-0.3, -0.25) is 9.48 Å². The highest BCUT2D eigenvalue weighted by atomic mass is 32.1. The molecule has 0 bridgehead atoms. The predicted molar refractivity (Wildman–Crippen MR) is 130 cm³/mol. The predicted octanol–water partition coefficient (Wildman–Crippen LogP) is 3.94. The Labute approximate surface area is 201 Å². The van der Waals surface area contributed by atoms with Crippen molar-refractivity contribution in [1.29, 1.82) is 0 Å². The number of ether oxygens (including phenoxy) is 3. The second kappa shape index (κ2) is 10.4. The van der Waals surface area contributed by atoms with Crippen LogP contribution in [0.4, 0.5) is 0 Å². The van der Waals surface area contributed by atoms with Gasteiger partial charge in [-0.2, -0.15) is 5.10 Å². The molecule has 4 rings (SSSR count). The summed E-state index contributed by atoms with van der Waals surface area (Å²) >= 11 is 1.31. The lowest BCUT2D eigenvalue weighted by Gasteiger charge is -2.10. The Morgan fingerprint density at radius 3 is 2.50 bits per heavy atom. The lowest BCUT2D eigenvalue weighted by atomic mass is 10.2. The van der Waals surface area contributed by atoms with Crippen molar-refractivity contribution in [2.45, 2.75) is 20.0 Å². The molecular weight excluding hydrogens is 454 g/mol. The van der Waals surface area contributed by atoms with Crippen LogP contribution in [0.15, 0.2) is 54.6 Å². The van der Waals surface area contributed by atoms with Crippen molar-refractivity contribution in [3.05, 3.63) is 76.3 Å². The van der Waals surface area contributed by atoms with Gasteiger partial charge in [0.05, 0.1) is 26.5 Å². The first-order valence-corrected chi connectivity index (χ1v) is 11.5. The fourth-order valence-corrected chi connectivity index (χ4v) is 4.58. The van der Waals surface area contributed by atoms with E-state index in [0.29, 0.717) is 22.9 Å². The summed E-state index contributed by atoms with van der Waals surface area (Å²) in [4.78, 5) is 26.1. The van der Waals surface area contributed by atoms with Gasteiger partial charge >= 0.3 is 5.97 Å². The summed E-state index contributed by atoms with van der Waals surface area (Å²) in [5.74, 6) is 0.257. The quantitative estimate of drug-likeness (QED) is 0.366. The third kappa shape index (κ3) is 5.20. The van der Waals surface area contributed by atoms with Crippen molar-refractivity contribution in [3.63, 3.8) is 0 Å². The molecule has 0 aliphatic carbocycles. The van der Waals surface area contributed by atoms with E-state index < -0.39 is 11.9 Å². The van der Waals surface area contributed by atoms with Crippen LogP contribution in [0.25, 0.3) is 10.2 Å². The molecule has 0 atom stereocenters. The van der Waals surface area contributed by atoms with Crippen molar-refractivity contribution < 1.29 is 23.8 Å². The summed E-state index contributed by atoms with van der Waals surface area (Å²) in [7, 11) is 3.11. The number of rotatable bonds is 9. The second-order valence-electron chi connectivity index (χ2n) is 7.60. The molecule has 8 nitrogen and oxygen atoms in total. The second-order valence-corrected chi connectivity index (χ2v) is 8.63. The molecule has 0 saturated carbocycles. The van der Waals surface area contributed by atoms with E-state index in [9.17, 15) is 9.59 Å². The van der Waals surface area contributed by atoms with Crippen LogP contribution >= 0.6 is 11.3 Å². The smallest absolute Gasteiger partial charge is 0.348 e. The molecule has 2 aromatic carbocycles. The number of hydrogen-bond acceptors (Lipinski definition) is 7. The molecule has 2 heterocycles. The standard InChI is InChI=1S/C25H25N3O5S/c1-16-19-12-22(34-24(19)28(27-16)14-17-7-5-4-6-8-17)25(30)33-15-23(29)26-13-18-9-10-20(31-2)21(11-18)32-3/h4-12H,13-15H2,1-3H3,(H,26,29). The van der Waals surface area contributed by atoms with E-state index in [4.69, 9.17) is 14.2 Å². The van der Waals surface area contributed by atoms with Crippen LogP contribution in [0.3, 0.4) is 0 Å². The van der Waals surface area contributed by atoms with E-state index >= 15 is 0 Å². The van der Waals surface area contributed by atoms with Crippen molar-refractivity contribution in [2.24, 2.45) is 0 Å². The topological polar surface area (TPSA) is 91.7 Å². The summed E-state index contributed by atoms with van der Waals surface area (Å²) in [5, 5.41) is 8.24. The first kappa shape index (κ1) is 23.3. The van der Waals surface area contributed by atoms with Gasteiger partial charge in [0, 0.05) is 11.9 Å². The molecule has 0 unspecified atom stereocenters. The number of hydrogen-bond donors (Lipinski definition) is 1. The fraction of sp³-hybridized carbons (Fsp3) is 0.240. The molecule has 9 heteroatoms. The summed E-state index contributed by atoms with van der Waals surface area (Å²) in [6, 6.07) is 17.1. The number of nitrogens with zero attached hydrogens (tertiary/aromatic N) is 2. The number of carbonyl (C=O) groups is 2. The minimum Gasteiger partial charge on any atom is -0.493 e.